The van der Waals surface area contributed by atoms with Gasteiger partial charge in [0.1, 0.15) is 0 Å². The Hall–Kier alpha value is -3.09. The number of aryl methyl sites for hydroxylation is 2. The van der Waals surface area contributed by atoms with E-state index in [2.05, 4.69) is 22.4 Å². The average Bonchev–Trinajstić information content (AvgIpc) is 3.23. The Bertz CT molecular complexity index is 1050. The topological polar surface area (TPSA) is 97.2 Å². The van der Waals surface area contributed by atoms with Crippen LogP contribution in [0.4, 0.5) is 5.88 Å². The van der Waals surface area contributed by atoms with E-state index in [1.54, 1.807) is 19.1 Å². The largest absolute Gasteiger partial charge is 0.449 e. The lowest BCUT2D eigenvalue weighted by Crippen LogP contribution is -2.29. The average molecular weight is 381 g/mol. The summed E-state index contributed by atoms with van der Waals surface area (Å²) in [6.45, 7) is 5.52. The summed E-state index contributed by atoms with van der Waals surface area (Å²) in [5, 5.41) is 7.30. The molecule has 0 fully saturated rings. The van der Waals surface area contributed by atoms with Crippen molar-refractivity contribution in [3.8, 4) is 0 Å². The number of ether oxygens (including phenoxy) is 1. The van der Waals surface area contributed by atoms with Gasteiger partial charge in [0.2, 0.25) is 5.88 Å². The quantitative estimate of drug-likeness (QED) is 0.671. The van der Waals surface area contributed by atoms with Crippen molar-refractivity contribution < 1.29 is 18.8 Å². The maximum absolute atomic E-state index is 12.6. The second-order valence-electron chi connectivity index (χ2n) is 7.56. The molecule has 3 aromatic rings. The molecular weight excluding hydrogens is 358 g/mol. The molecule has 1 amide bonds. The van der Waals surface area contributed by atoms with E-state index in [0.29, 0.717) is 17.2 Å². The number of aromatic nitrogens is 2. The molecule has 0 bridgehead atoms. The van der Waals surface area contributed by atoms with Gasteiger partial charge in [0.05, 0.1) is 11.3 Å². The number of fused-ring (bicyclic) bond motifs is 3. The minimum absolute atomic E-state index is 0.222. The number of aromatic amines is 1. The number of hydrogen-bond donors (Lipinski definition) is 2. The van der Waals surface area contributed by atoms with Gasteiger partial charge in [0, 0.05) is 22.7 Å². The van der Waals surface area contributed by atoms with E-state index >= 15 is 0 Å². The maximum Gasteiger partial charge on any atom is 0.338 e. The molecule has 7 nitrogen and oxygen atoms in total. The lowest BCUT2D eigenvalue weighted by Gasteiger charge is -2.18. The molecule has 0 saturated heterocycles. The fraction of sp³-hybridized carbons (Fsp3) is 0.381. The third kappa shape index (κ3) is 3.52. The van der Waals surface area contributed by atoms with E-state index in [1.807, 2.05) is 12.1 Å². The van der Waals surface area contributed by atoms with Crippen molar-refractivity contribution in [2.45, 2.75) is 46.1 Å². The van der Waals surface area contributed by atoms with Crippen LogP contribution in [0.5, 0.6) is 0 Å². The second kappa shape index (κ2) is 7.14. The van der Waals surface area contributed by atoms with Gasteiger partial charge in [-0.2, -0.15) is 0 Å². The van der Waals surface area contributed by atoms with Crippen molar-refractivity contribution in [2.75, 3.05) is 5.32 Å². The summed E-state index contributed by atoms with van der Waals surface area (Å²) in [6, 6.07) is 7.07. The molecule has 1 aromatic carbocycles. The molecular formula is C21H23N3O4. The normalized spacial score (nSPS) is 17.2. The number of hydrogen-bond acceptors (Lipinski definition) is 5. The molecule has 0 spiro atoms. The minimum atomic E-state index is -0.964. The highest BCUT2D eigenvalue weighted by Crippen LogP contribution is 2.32. The molecule has 0 aliphatic heterocycles. The van der Waals surface area contributed by atoms with Crippen molar-refractivity contribution in [2.24, 2.45) is 5.92 Å². The van der Waals surface area contributed by atoms with Crippen LogP contribution in [-0.4, -0.2) is 28.1 Å². The van der Waals surface area contributed by atoms with Gasteiger partial charge < -0.3 is 14.2 Å². The van der Waals surface area contributed by atoms with Crippen molar-refractivity contribution >= 4 is 28.7 Å². The lowest BCUT2D eigenvalue weighted by atomic mass is 9.87. The SMILES string of the molecule is Cc1cc(NC(=O)[C@@H](C)OC(=O)c2ccc3[nH]c4c(c3c2)C[C@H](C)CC4)on1. The van der Waals surface area contributed by atoms with Crippen molar-refractivity contribution in [1.29, 1.82) is 0 Å². The molecule has 2 atom stereocenters. The van der Waals surface area contributed by atoms with Gasteiger partial charge in [-0.3, -0.25) is 10.1 Å². The highest BCUT2D eigenvalue weighted by atomic mass is 16.5. The standard InChI is InChI=1S/C21H23N3O4/c1-11-4-6-17-15(8-11)16-10-14(5-7-18(16)22-17)21(26)27-13(3)20(25)23-19-9-12(2)24-28-19/h5,7,9-11,13,22H,4,6,8H2,1-3H3,(H,23,25)/t11-,13-/m1/s1. The zero-order valence-electron chi connectivity index (χ0n) is 16.2. The molecule has 0 unspecified atom stereocenters. The van der Waals surface area contributed by atoms with Crippen LogP contribution in [0.25, 0.3) is 10.9 Å². The number of H-pyrrole nitrogens is 1. The molecule has 28 heavy (non-hydrogen) atoms. The molecule has 4 rings (SSSR count). The lowest BCUT2D eigenvalue weighted by molar-refractivity contribution is -0.123. The Morgan fingerprint density at radius 2 is 2.18 bits per heavy atom. The van der Waals surface area contributed by atoms with Gasteiger partial charge in [-0.05, 0) is 62.8 Å². The Balaban J connectivity index is 1.49. The van der Waals surface area contributed by atoms with Crippen LogP contribution < -0.4 is 5.32 Å². The number of carbonyl (C=O) groups is 2. The van der Waals surface area contributed by atoms with E-state index in [-0.39, 0.29) is 5.88 Å². The number of nitrogens with one attached hydrogen (secondary N) is 2. The van der Waals surface area contributed by atoms with Crippen molar-refractivity contribution in [3.05, 3.63) is 46.8 Å². The summed E-state index contributed by atoms with van der Waals surface area (Å²) in [7, 11) is 0. The predicted octanol–water partition coefficient (Wildman–Crippen LogP) is 3.77. The van der Waals surface area contributed by atoms with Gasteiger partial charge in [-0.25, -0.2) is 4.79 Å². The summed E-state index contributed by atoms with van der Waals surface area (Å²) in [6.07, 6.45) is 2.24. The van der Waals surface area contributed by atoms with Crippen LogP contribution in [-0.2, 0) is 22.4 Å². The fourth-order valence-electron chi connectivity index (χ4n) is 3.65. The third-order valence-corrected chi connectivity index (χ3v) is 5.20. The Morgan fingerprint density at radius 1 is 1.36 bits per heavy atom. The fourth-order valence-corrected chi connectivity index (χ4v) is 3.65. The van der Waals surface area contributed by atoms with Crippen LogP contribution in [0.3, 0.4) is 0 Å². The highest BCUT2D eigenvalue weighted by Gasteiger charge is 2.23. The molecule has 1 aliphatic carbocycles. The maximum atomic E-state index is 12.6. The summed E-state index contributed by atoms with van der Waals surface area (Å²) < 4.78 is 10.3. The van der Waals surface area contributed by atoms with Crippen molar-refractivity contribution in [1.82, 2.24) is 10.1 Å². The zero-order valence-corrected chi connectivity index (χ0v) is 16.2. The Morgan fingerprint density at radius 3 is 2.93 bits per heavy atom. The predicted molar refractivity (Wildman–Crippen MR) is 104 cm³/mol. The van der Waals surface area contributed by atoms with Crippen LogP contribution in [0.15, 0.2) is 28.8 Å². The molecule has 7 heteroatoms. The van der Waals surface area contributed by atoms with Crippen LogP contribution in [0, 0.1) is 12.8 Å². The first kappa shape index (κ1) is 18.3. The first-order valence-corrected chi connectivity index (χ1v) is 9.49. The van der Waals surface area contributed by atoms with Gasteiger partial charge >= 0.3 is 5.97 Å². The number of rotatable bonds is 4. The van der Waals surface area contributed by atoms with E-state index in [4.69, 9.17) is 9.26 Å². The van der Waals surface area contributed by atoms with Crippen LogP contribution >= 0.6 is 0 Å². The number of carbonyl (C=O) groups excluding carboxylic acids is 2. The number of esters is 1. The number of benzene rings is 1. The second-order valence-corrected chi connectivity index (χ2v) is 7.56. The molecule has 2 aromatic heterocycles. The van der Waals surface area contributed by atoms with E-state index in [1.165, 1.54) is 24.6 Å². The van der Waals surface area contributed by atoms with E-state index < -0.39 is 18.0 Å². The first-order valence-electron chi connectivity index (χ1n) is 9.49. The molecule has 1 aliphatic rings. The monoisotopic (exact) mass is 381 g/mol. The summed E-state index contributed by atoms with van der Waals surface area (Å²) in [5.41, 5.74) is 4.66. The number of anilines is 1. The Labute approximate surface area is 162 Å². The van der Waals surface area contributed by atoms with E-state index in [9.17, 15) is 9.59 Å². The summed E-state index contributed by atoms with van der Waals surface area (Å²) in [5.74, 6) is -0.152. The highest BCUT2D eigenvalue weighted by molar-refractivity contribution is 5.99. The molecule has 0 saturated carbocycles. The zero-order chi connectivity index (χ0) is 19.8. The van der Waals surface area contributed by atoms with E-state index in [0.717, 1.165) is 23.7 Å². The molecule has 0 radical (unpaired) electrons. The smallest absolute Gasteiger partial charge is 0.338 e. The van der Waals surface area contributed by atoms with Crippen LogP contribution in [0.2, 0.25) is 0 Å². The van der Waals surface area contributed by atoms with Gasteiger partial charge in [0.25, 0.3) is 5.91 Å². The molecule has 2 N–H and O–H groups in total. The molecule has 2 heterocycles. The van der Waals surface area contributed by atoms with Crippen LogP contribution in [0.1, 0.15) is 47.6 Å². The Kier molecular flexibility index (Phi) is 4.66. The van der Waals surface area contributed by atoms with Gasteiger partial charge in [-0.1, -0.05) is 12.1 Å². The van der Waals surface area contributed by atoms with Gasteiger partial charge in [-0.15, -0.1) is 0 Å². The number of amides is 1. The first-order chi connectivity index (χ1) is 13.4. The number of nitrogens with zero attached hydrogens (tertiary/aromatic N) is 1. The van der Waals surface area contributed by atoms with Crippen molar-refractivity contribution in [3.63, 3.8) is 0 Å². The third-order valence-electron chi connectivity index (χ3n) is 5.20. The summed E-state index contributed by atoms with van der Waals surface area (Å²) >= 11 is 0. The van der Waals surface area contributed by atoms with Gasteiger partial charge in [0.15, 0.2) is 6.10 Å². The molecule has 146 valence electrons. The minimum Gasteiger partial charge on any atom is -0.449 e. The summed E-state index contributed by atoms with van der Waals surface area (Å²) in [4.78, 5) is 28.2.